The summed E-state index contributed by atoms with van der Waals surface area (Å²) in [5.41, 5.74) is 7.17. The molecule has 1 fully saturated rings. The molecule has 1 aliphatic carbocycles. The van der Waals surface area contributed by atoms with E-state index in [-0.39, 0.29) is 6.10 Å². The maximum Gasteiger partial charge on any atom is 0.104 e. The number of rotatable bonds is 4. The van der Waals surface area contributed by atoms with Gasteiger partial charge in [-0.05, 0) is 55.5 Å². The highest BCUT2D eigenvalue weighted by Crippen LogP contribution is 2.32. The van der Waals surface area contributed by atoms with Crippen molar-refractivity contribution in [2.45, 2.75) is 51.7 Å². The molecule has 1 heterocycles. The van der Waals surface area contributed by atoms with Gasteiger partial charge in [0.25, 0.3) is 0 Å². The zero-order chi connectivity index (χ0) is 12.3. The molecule has 1 atom stereocenters. The Balaban J connectivity index is 1.94. The summed E-state index contributed by atoms with van der Waals surface area (Å²) in [6.07, 6.45) is 5.51. The van der Waals surface area contributed by atoms with E-state index < -0.39 is 0 Å². The maximum atomic E-state index is 6.20. The van der Waals surface area contributed by atoms with Crippen LogP contribution < -0.4 is 5.73 Å². The Morgan fingerprint density at radius 3 is 2.65 bits per heavy atom. The third-order valence-corrected chi connectivity index (χ3v) is 4.84. The van der Waals surface area contributed by atoms with Gasteiger partial charge < -0.3 is 10.5 Å². The molecule has 2 rings (SSSR count). The fourth-order valence-corrected chi connectivity index (χ4v) is 3.51. The quantitative estimate of drug-likeness (QED) is 0.889. The van der Waals surface area contributed by atoms with Gasteiger partial charge in [-0.25, -0.2) is 0 Å². The van der Waals surface area contributed by atoms with Crippen molar-refractivity contribution in [1.29, 1.82) is 0 Å². The molecular formula is C14H23NOS. The van der Waals surface area contributed by atoms with Crippen molar-refractivity contribution in [1.82, 2.24) is 0 Å². The summed E-state index contributed by atoms with van der Waals surface area (Å²) in [5.74, 6) is 0.870. The fourth-order valence-electron chi connectivity index (χ4n) is 2.54. The number of thiophene rings is 1. The van der Waals surface area contributed by atoms with Crippen LogP contribution in [0.3, 0.4) is 0 Å². The lowest BCUT2D eigenvalue weighted by Crippen LogP contribution is -2.26. The molecule has 2 N–H and O–H groups in total. The molecule has 3 heteroatoms. The van der Waals surface area contributed by atoms with E-state index in [9.17, 15) is 0 Å². The van der Waals surface area contributed by atoms with E-state index in [1.54, 1.807) is 11.3 Å². The average Bonchev–Trinajstić information content (AvgIpc) is 2.75. The lowest BCUT2D eigenvalue weighted by molar-refractivity contribution is -0.0314. The van der Waals surface area contributed by atoms with Crippen molar-refractivity contribution in [2.24, 2.45) is 11.7 Å². The number of aryl methyl sites for hydroxylation is 1. The van der Waals surface area contributed by atoms with Crippen LogP contribution in [0.25, 0.3) is 0 Å². The molecule has 96 valence electrons. The molecule has 1 aliphatic rings. The highest BCUT2D eigenvalue weighted by Gasteiger charge is 2.23. The van der Waals surface area contributed by atoms with Gasteiger partial charge in [-0.15, -0.1) is 11.3 Å². The minimum atomic E-state index is 0.105. The zero-order valence-corrected chi connectivity index (χ0v) is 11.6. The van der Waals surface area contributed by atoms with Gasteiger partial charge in [-0.1, -0.05) is 6.92 Å². The molecule has 0 spiro atoms. The second-order valence-electron chi connectivity index (χ2n) is 5.21. The first-order chi connectivity index (χ1) is 8.20. The Kier molecular flexibility index (Phi) is 4.60. The monoisotopic (exact) mass is 253 g/mol. The molecular weight excluding hydrogens is 230 g/mol. The van der Waals surface area contributed by atoms with Crippen LogP contribution in [0.5, 0.6) is 0 Å². The minimum Gasteiger partial charge on any atom is -0.368 e. The Labute approximate surface area is 108 Å². The summed E-state index contributed by atoms with van der Waals surface area (Å²) in [4.78, 5) is 1.31. The Hall–Kier alpha value is -0.380. The molecule has 1 aromatic heterocycles. The Morgan fingerprint density at radius 2 is 2.12 bits per heavy atom. The SMILES string of the molecule is Cc1ccsc1C(CN)OC1CCC(C)CC1. The van der Waals surface area contributed by atoms with Crippen LogP contribution in [0, 0.1) is 12.8 Å². The van der Waals surface area contributed by atoms with Gasteiger partial charge in [-0.3, -0.25) is 0 Å². The third-order valence-electron chi connectivity index (χ3n) is 3.73. The van der Waals surface area contributed by atoms with E-state index >= 15 is 0 Å². The van der Waals surface area contributed by atoms with Crippen LogP contribution in [-0.4, -0.2) is 12.6 Å². The smallest absolute Gasteiger partial charge is 0.104 e. The summed E-state index contributed by atoms with van der Waals surface area (Å²) in [6, 6.07) is 2.15. The van der Waals surface area contributed by atoms with E-state index in [1.165, 1.54) is 36.1 Å². The summed E-state index contributed by atoms with van der Waals surface area (Å²) < 4.78 is 6.20. The molecule has 0 amide bonds. The maximum absolute atomic E-state index is 6.20. The van der Waals surface area contributed by atoms with E-state index in [0.717, 1.165) is 5.92 Å². The van der Waals surface area contributed by atoms with Crippen LogP contribution in [0.2, 0.25) is 0 Å². The van der Waals surface area contributed by atoms with Crippen molar-refractivity contribution in [2.75, 3.05) is 6.54 Å². The highest BCUT2D eigenvalue weighted by atomic mass is 32.1. The standard InChI is InChI=1S/C14H23NOS/c1-10-3-5-12(6-4-10)16-13(9-15)14-11(2)7-8-17-14/h7-8,10,12-13H,3-6,9,15H2,1-2H3. The van der Waals surface area contributed by atoms with E-state index in [0.29, 0.717) is 12.6 Å². The molecule has 17 heavy (non-hydrogen) atoms. The minimum absolute atomic E-state index is 0.105. The third kappa shape index (κ3) is 3.30. The molecule has 0 bridgehead atoms. The van der Waals surface area contributed by atoms with Crippen LogP contribution >= 0.6 is 11.3 Å². The van der Waals surface area contributed by atoms with Crippen molar-refractivity contribution in [3.63, 3.8) is 0 Å². The second-order valence-corrected chi connectivity index (χ2v) is 6.16. The average molecular weight is 253 g/mol. The van der Waals surface area contributed by atoms with Crippen LogP contribution in [0.4, 0.5) is 0 Å². The van der Waals surface area contributed by atoms with Gasteiger partial charge in [-0.2, -0.15) is 0 Å². The summed E-state index contributed by atoms with van der Waals surface area (Å²) in [5, 5.41) is 2.12. The number of hydrogen-bond donors (Lipinski definition) is 1. The van der Waals surface area contributed by atoms with Crippen LogP contribution in [0.1, 0.15) is 49.2 Å². The van der Waals surface area contributed by atoms with Gasteiger partial charge in [0.2, 0.25) is 0 Å². The van der Waals surface area contributed by atoms with Gasteiger partial charge >= 0.3 is 0 Å². The number of ether oxygens (including phenoxy) is 1. The predicted molar refractivity (Wildman–Crippen MR) is 73.4 cm³/mol. The first-order valence-corrected chi connectivity index (χ1v) is 7.48. The molecule has 0 aliphatic heterocycles. The van der Waals surface area contributed by atoms with Gasteiger partial charge in [0.1, 0.15) is 6.10 Å². The molecule has 1 saturated carbocycles. The summed E-state index contributed by atoms with van der Waals surface area (Å²) in [7, 11) is 0. The highest BCUT2D eigenvalue weighted by molar-refractivity contribution is 7.10. The van der Waals surface area contributed by atoms with Crippen molar-refractivity contribution in [3.8, 4) is 0 Å². The Bertz CT molecular complexity index is 342. The molecule has 1 unspecified atom stereocenters. The second kappa shape index (κ2) is 5.98. The first kappa shape index (κ1) is 13.1. The van der Waals surface area contributed by atoms with Gasteiger partial charge in [0.15, 0.2) is 0 Å². The topological polar surface area (TPSA) is 35.2 Å². The summed E-state index contributed by atoms with van der Waals surface area (Å²) >= 11 is 1.77. The Morgan fingerprint density at radius 1 is 1.41 bits per heavy atom. The predicted octanol–water partition coefficient (Wildman–Crippen LogP) is 3.65. The molecule has 0 saturated heterocycles. The largest absolute Gasteiger partial charge is 0.368 e. The molecule has 1 aromatic rings. The van der Waals surface area contributed by atoms with E-state index in [1.807, 2.05) is 0 Å². The lowest BCUT2D eigenvalue weighted by atomic mass is 9.89. The van der Waals surface area contributed by atoms with E-state index in [2.05, 4.69) is 25.3 Å². The first-order valence-electron chi connectivity index (χ1n) is 6.60. The van der Waals surface area contributed by atoms with Crippen molar-refractivity contribution in [3.05, 3.63) is 21.9 Å². The van der Waals surface area contributed by atoms with Gasteiger partial charge in [0.05, 0.1) is 6.10 Å². The molecule has 0 radical (unpaired) electrons. The normalized spacial score (nSPS) is 27.0. The number of nitrogens with two attached hydrogens (primary N) is 1. The zero-order valence-electron chi connectivity index (χ0n) is 10.8. The molecule has 0 aromatic carbocycles. The van der Waals surface area contributed by atoms with Crippen molar-refractivity contribution < 1.29 is 4.74 Å². The number of hydrogen-bond acceptors (Lipinski definition) is 3. The van der Waals surface area contributed by atoms with Crippen LogP contribution in [-0.2, 0) is 4.74 Å². The van der Waals surface area contributed by atoms with Crippen LogP contribution in [0.15, 0.2) is 11.4 Å². The van der Waals surface area contributed by atoms with E-state index in [4.69, 9.17) is 10.5 Å². The fraction of sp³-hybridized carbons (Fsp3) is 0.714. The lowest BCUT2D eigenvalue weighted by Gasteiger charge is -2.29. The molecule has 2 nitrogen and oxygen atoms in total. The van der Waals surface area contributed by atoms with Gasteiger partial charge in [0, 0.05) is 11.4 Å². The van der Waals surface area contributed by atoms with Crippen molar-refractivity contribution >= 4 is 11.3 Å². The summed E-state index contributed by atoms with van der Waals surface area (Å²) in [6.45, 7) is 5.06.